The second-order valence-electron chi connectivity index (χ2n) is 3.21. The molecule has 0 amide bonds. The van der Waals surface area contributed by atoms with Gasteiger partial charge in [0.25, 0.3) is 0 Å². The molecular formula is C14H15FO. The fourth-order valence-corrected chi connectivity index (χ4v) is 1.28. The second-order valence-corrected chi connectivity index (χ2v) is 3.21. The van der Waals surface area contributed by atoms with Gasteiger partial charge in [-0.1, -0.05) is 30.9 Å². The first-order chi connectivity index (χ1) is 7.71. The number of methoxy groups -OCH3 is 1. The molecule has 0 fully saturated rings. The van der Waals surface area contributed by atoms with Gasteiger partial charge in [-0.25, -0.2) is 4.39 Å². The number of benzene rings is 1. The van der Waals surface area contributed by atoms with Crippen LogP contribution < -0.4 is 4.74 Å². The number of hydrogen-bond acceptors (Lipinski definition) is 1. The van der Waals surface area contributed by atoms with Crippen molar-refractivity contribution in [3.8, 4) is 5.75 Å². The highest BCUT2D eigenvalue weighted by Crippen LogP contribution is 2.21. The number of hydrogen-bond donors (Lipinski definition) is 0. The lowest BCUT2D eigenvalue weighted by Crippen LogP contribution is -1.84. The summed E-state index contributed by atoms with van der Waals surface area (Å²) in [6.45, 7) is 5.33. The summed E-state index contributed by atoms with van der Waals surface area (Å²) in [6.07, 6.45) is 4.49. The van der Waals surface area contributed by atoms with Gasteiger partial charge in [-0.3, -0.25) is 0 Å². The minimum atomic E-state index is -0.272. The molecule has 0 bridgehead atoms. The Morgan fingerprint density at radius 1 is 1.31 bits per heavy atom. The SMILES string of the molecule is C=C/C(=C\C(F)=C/C)c1ccc(OC)cc1. The third-order valence-electron chi connectivity index (χ3n) is 2.21. The van der Waals surface area contributed by atoms with E-state index in [1.54, 1.807) is 20.1 Å². The van der Waals surface area contributed by atoms with Crippen LogP contribution in [0.4, 0.5) is 4.39 Å². The lowest BCUT2D eigenvalue weighted by atomic mass is 10.1. The van der Waals surface area contributed by atoms with E-state index in [0.29, 0.717) is 0 Å². The molecule has 1 rings (SSSR count). The van der Waals surface area contributed by atoms with E-state index in [-0.39, 0.29) is 5.83 Å². The van der Waals surface area contributed by atoms with E-state index in [1.807, 2.05) is 24.3 Å². The zero-order chi connectivity index (χ0) is 12.0. The molecule has 0 atom stereocenters. The van der Waals surface area contributed by atoms with E-state index in [0.717, 1.165) is 16.9 Å². The van der Waals surface area contributed by atoms with Crippen LogP contribution in [-0.4, -0.2) is 7.11 Å². The van der Waals surface area contributed by atoms with E-state index < -0.39 is 0 Å². The van der Waals surface area contributed by atoms with Crippen molar-refractivity contribution < 1.29 is 9.13 Å². The van der Waals surface area contributed by atoms with Crippen LogP contribution >= 0.6 is 0 Å². The Balaban J connectivity index is 3.04. The average molecular weight is 218 g/mol. The van der Waals surface area contributed by atoms with Crippen molar-refractivity contribution in [3.05, 3.63) is 60.5 Å². The quantitative estimate of drug-likeness (QED) is 0.690. The van der Waals surface area contributed by atoms with E-state index in [9.17, 15) is 4.39 Å². The molecule has 0 N–H and O–H groups in total. The maximum absolute atomic E-state index is 13.1. The van der Waals surface area contributed by atoms with Crippen molar-refractivity contribution in [2.45, 2.75) is 6.92 Å². The molecule has 84 valence electrons. The predicted octanol–water partition coefficient (Wildman–Crippen LogP) is 4.14. The minimum absolute atomic E-state index is 0.272. The zero-order valence-corrected chi connectivity index (χ0v) is 9.53. The van der Waals surface area contributed by atoms with Crippen molar-refractivity contribution in [3.63, 3.8) is 0 Å². The van der Waals surface area contributed by atoms with E-state index in [1.165, 1.54) is 12.2 Å². The average Bonchev–Trinajstić information content (AvgIpc) is 2.35. The number of allylic oxidation sites excluding steroid dienone is 5. The zero-order valence-electron chi connectivity index (χ0n) is 9.53. The van der Waals surface area contributed by atoms with Crippen LogP contribution in [0.3, 0.4) is 0 Å². The molecule has 0 saturated heterocycles. The summed E-state index contributed by atoms with van der Waals surface area (Å²) in [7, 11) is 1.61. The first-order valence-corrected chi connectivity index (χ1v) is 5.01. The largest absolute Gasteiger partial charge is 0.497 e. The summed E-state index contributed by atoms with van der Waals surface area (Å²) < 4.78 is 18.2. The lowest BCUT2D eigenvalue weighted by Gasteiger charge is -2.04. The first-order valence-electron chi connectivity index (χ1n) is 5.01. The van der Waals surface area contributed by atoms with E-state index in [2.05, 4.69) is 6.58 Å². The Kier molecular flexibility index (Phi) is 4.52. The fraction of sp³-hybridized carbons (Fsp3) is 0.143. The molecule has 0 saturated carbocycles. The van der Waals surface area contributed by atoms with Gasteiger partial charge in [0.15, 0.2) is 0 Å². The van der Waals surface area contributed by atoms with Gasteiger partial charge in [0.05, 0.1) is 7.11 Å². The second kappa shape index (κ2) is 5.91. The number of rotatable bonds is 4. The summed E-state index contributed by atoms with van der Waals surface area (Å²) in [5.74, 6) is 0.504. The molecule has 0 spiro atoms. The predicted molar refractivity (Wildman–Crippen MR) is 66.0 cm³/mol. The summed E-state index contributed by atoms with van der Waals surface area (Å²) in [5.41, 5.74) is 1.66. The monoisotopic (exact) mass is 218 g/mol. The molecule has 0 heterocycles. The maximum Gasteiger partial charge on any atom is 0.119 e. The van der Waals surface area contributed by atoms with Gasteiger partial charge in [0.2, 0.25) is 0 Å². The van der Waals surface area contributed by atoms with Crippen molar-refractivity contribution in [2.24, 2.45) is 0 Å². The Morgan fingerprint density at radius 3 is 2.38 bits per heavy atom. The molecular weight excluding hydrogens is 203 g/mol. The number of ether oxygens (including phenoxy) is 1. The molecule has 0 aliphatic rings. The molecule has 16 heavy (non-hydrogen) atoms. The molecule has 2 heteroatoms. The number of halogens is 1. The van der Waals surface area contributed by atoms with Crippen LogP contribution in [0.2, 0.25) is 0 Å². The normalized spacial score (nSPS) is 12.4. The van der Waals surface area contributed by atoms with E-state index in [4.69, 9.17) is 4.74 Å². The Bertz CT molecular complexity index is 413. The van der Waals surface area contributed by atoms with Gasteiger partial charge in [0.1, 0.15) is 11.6 Å². The van der Waals surface area contributed by atoms with Crippen LogP contribution in [0.5, 0.6) is 5.75 Å². The Hall–Kier alpha value is -1.83. The minimum Gasteiger partial charge on any atom is -0.497 e. The molecule has 1 aromatic carbocycles. The molecule has 0 aliphatic carbocycles. The summed E-state index contributed by atoms with van der Waals surface area (Å²) in [6, 6.07) is 7.41. The topological polar surface area (TPSA) is 9.23 Å². The highest BCUT2D eigenvalue weighted by molar-refractivity contribution is 5.75. The Labute approximate surface area is 95.6 Å². The molecule has 1 nitrogen and oxygen atoms in total. The van der Waals surface area contributed by atoms with Gasteiger partial charge in [-0.15, -0.1) is 0 Å². The van der Waals surface area contributed by atoms with Gasteiger partial charge < -0.3 is 4.74 Å². The lowest BCUT2D eigenvalue weighted by molar-refractivity contribution is 0.415. The van der Waals surface area contributed by atoms with Crippen molar-refractivity contribution in [1.29, 1.82) is 0 Å². The van der Waals surface area contributed by atoms with Gasteiger partial charge in [0, 0.05) is 0 Å². The molecule has 0 radical (unpaired) electrons. The maximum atomic E-state index is 13.1. The first kappa shape index (κ1) is 12.2. The summed E-state index contributed by atoms with van der Waals surface area (Å²) >= 11 is 0. The standard InChI is InChI=1S/C14H15FO/c1-4-11(10-13(15)5-2)12-6-8-14(16-3)9-7-12/h4-10H,1H2,2-3H3/b11-10+,13-5+. The third kappa shape index (κ3) is 3.09. The van der Waals surface area contributed by atoms with Gasteiger partial charge in [-0.2, -0.15) is 0 Å². The summed E-state index contributed by atoms with van der Waals surface area (Å²) in [5, 5.41) is 0. The van der Waals surface area contributed by atoms with Crippen LogP contribution in [0.25, 0.3) is 5.57 Å². The fourth-order valence-electron chi connectivity index (χ4n) is 1.28. The smallest absolute Gasteiger partial charge is 0.119 e. The molecule has 1 aromatic rings. The highest BCUT2D eigenvalue weighted by atomic mass is 19.1. The third-order valence-corrected chi connectivity index (χ3v) is 2.21. The molecule has 0 unspecified atom stereocenters. The van der Waals surface area contributed by atoms with Crippen LogP contribution in [0.1, 0.15) is 12.5 Å². The van der Waals surface area contributed by atoms with Crippen molar-refractivity contribution >= 4 is 5.57 Å². The van der Waals surface area contributed by atoms with Gasteiger partial charge in [-0.05, 0) is 36.3 Å². The Morgan fingerprint density at radius 2 is 1.94 bits per heavy atom. The summed E-state index contributed by atoms with van der Waals surface area (Å²) in [4.78, 5) is 0. The van der Waals surface area contributed by atoms with Crippen LogP contribution in [0.15, 0.2) is 54.9 Å². The van der Waals surface area contributed by atoms with Crippen molar-refractivity contribution in [2.75, 3.05) is 7.11 Å². The molecule has 0 aliphatic heterocycles. The van der Waals surface area contributed by atoms with E-state index >= 15 is 0 Å². The highest BCUT2D eigenvalue weighted by Gasteiger charge is 1.99. The van der Waals surface area contributed by atoms with Crippen LogP contribution in [0, 0.1) is 0 Å². The molecule has 0 aromatic heterocycles. The van der Waals surface area contributed by atoms with Crippen molar-refractivity contribution in [1.82, 2.24) is 0 Å². The van der Waals surface area contributed by atoms with Crippen LogP contribution in [-0.2, 0) is 0 Å². The van der Waals surface area contributed by atoms with Gasteiger partial charge >= 0.3 is 0 Å².